The summed E-state index contributed by atoms with van der Waals surface area (Å²) in [6, 6.07) is 14.0. The number of sulfone groups is 1. The van der Waals surface area contributed by atoms with Gasteiger partial charge in [0.1, 0.15) is 0 Å². The van der Waals surface area contributed by atoms with Gasteiger partial charge in [-0.05, 0) is 24.1 Å². The van der Waals surface area contributed by atoms with Gasteiger partial charge in [-0.3, -0.25) is 0 Å². The molecule has 1 aliphatic heterocycles. The van der Waals surface area contributed by atoms with E-state index < -0.39 is 15.4 Å². The van der Waals surface area contributed by atoms with Gasteiger partial charge < -0.3 is 5.11 Å². The van der Waals surface area contributed by atoms with Gasteiger partial charge in [-0.15, -0.1) is 0 Å². The Morgan fingerprint density at radius 1 is 1.10 bits per heavy atom. The fourth-order valence-corrected chi connectivity index (χ4v) is 4.72. The molecule has 1 aliphatic rings. The van der Waals surface area contributed by atoms with Crippen molar-refractivity contribution in [2.24, 2.45) is 0 Å². The highest BCUT2D eigenvalue weighted by molar-refractivity contribution is 7.91. The van der Waals surface area contributed by atoms with Crippen molar-refractivity contribution in [2.75, 3.05) is 5.75 Å². The lowest BCUT2D eigenvalue weighted by molar-refractivity contribution is 0.0283. The van der Waals surface area contributed by atoms with Gasteiger partial charge in [-0.25, -0.2) is 8.42 Å². The van der Waals surface area contributed by atoms with E-state index in [1.165, 1.54) is 0 Å². The van der Waals surface area contributed by atoms with Crippen LogP contribution in [-0.2, 0) is 21.9 Å². The predicted octanol–water partition coefficient (Wildman–Crippen LogP) is 2.95. The predicted molar refractivity (Wildman–Crippen MR) is 82.2 cm³/mol. The third kappa shape index (κ3) is 2.59. The minimum Gasteiger partial charge on any atom is -0.385 e. The minimum atomic E-state index is -3.31. The average molecular weight is 323 g/mol. The summed E-state index contributed by atoms with van der Waals surface area (Å²) in [5.41, 5.74) is 0.0827. The SMILES string of the molecule is O=S1(=O)CCC(O)(Cc2ccccc2Cl)c2ccccc21. The van der Waals surface area contributed by atoms with E-state index in [-0.39, 0.29) is 17.1 Å². The molecule has 110 valence electrons. The van der Waals surface area contributed by atoms with Crippen LogP contribution in [0.25, 0.3) is 0 Å². The lowest BCUT2D eigenvalue weighted by Crippen LogP contribution is -2.37. The number of fused-ring (bicyclic) bond motifs is 1. The number of aliphatic hydroxyl groups is 1. The zero-order chi connectivity index (χ0) is 15.1. The van der Waals surface area contributed by atoms with Crippen molar-refractivity contribution in [1.29, 1.82) is 0 Å². The molecule has 0 radical (unpaired) electrons. The molecule has 3 rings (SSSR count). The fourth-order valence-electron chi connectivity index (χ4n) is 2.81. The number of halogens is 1. The molecule has 0 spiro atoms. The first kappa shape index (κ1) is 14.6. The number of hydrogen-bond donors (Lipinski definition) is 1. The Kier molecular flexibility index (Phi) is 3.56. The third-order valence-corrected chi connectivity index (χ3v) is 6.09. The highest BCUT2D eigenvalue weighted by atomic mass is 35.5. The molecule has 0 aromatic heterocycles. The Morgan fingerprint density at radius 3 is 2.52 bits per heavy atom. The largest absolute Gasteiger partial charge is 0.385 e. The van der Waals surface area contributed by atoms with Crippen LogP contribution in [0.4, 0.5) is 0 Å². The van der Waals surface area contributed by atoms with Gasteiger partial charge in [0.25, 0.3) is 0 Å². The smallest absolute Gasteiger partial charge is 0.178 e. The van der Waals surface area contributed by atoms with Gasteiger partial charge in [0.15, 0.2) is 9.84 Å². The van der Waals surface area contributed by atoms with Crippen LogP contribution in [0.5, 0.6) is 0 Å². The average Bonchev–Trinajstić information content (AvgIpc) is 2.47. The Labute approximate surface area is 129 Å². The second kappa shape index (κ2) is 5.13. The molecule has 0 amide bonds. The lowest BCUT2D eigenvalue weighted by Gasteiger charge is -2.34. The third-order valence-electron chi connectivity index (χ3n) is 3.95. The summed E-state index contributed by atoms with van der Waals surface area (Å²) in [7, 11) is -3.31. The molecule has 2 aromatic rings. The molecule has 21 heavy (non-hydrogen) atoms. The van der Waals surface area contributed by atoms with Crippen molar-refractivity contribution >= 4 is 21.4 Å². The molecule has 2 aromatic carbocycles. The van der Waals surface area contributed by atoms with Crippen LogP contribution in [0.3, 0.4) is 0 Å². The maximum Gasteiger partial charge on any atom is 0.178 e. The first-order chi connectivity index (χ1) is 9.92. The van der Waals surface area contributed by atoms with E-state index >= 15 is 0 Å². The van der Waals surface area contributed by atoms with Gasteiger partial charge >= 0.3 is 0 Å². The van der Waals surface area contributed by atoms with Crippen LogP contribution in [0, 0.1) is 0 Å². The van der Waals surface area contributed by atoms with Crippen LogP contribution in [0.1, 0.15) is 17.5 Å². The molecule has 1 unspecified atom stereocenters. The minimum absolute atomic E-state index is 0.0506. The van der Waals surface area contributed by atoms with Crippen LogP contribution < -0.4 is 0 Å². The first-order valence-electron chi connectivity index (χ1n) is 6.70. The topological polar surface area (TPSA) is 54.4 Å². The molecule has 0 saturated heterocycles. The summed E-state index contributed by atoms with van der Waals surface area (Å²) in [5.74, 6) is -0.0506. The summed E-state index contributed by atoms with van der Waals surface area (Å²) in [6.07, 6.45) is 0.483. The van der Waals surface area contributed by atoms with E-state index in [1.54, 1.807) is 30.3 Å². The van der Waals surface area contributed by atoms with Crippen LogP contribution in [0.15, 0.2) is 53.4 Å². The molecule has 0 fully saturated rings. The van der Waals surface area contributed by atoms with E-state index in [4.69, 9.17) is 11.6 Å². The van der Waals surface area contributed by atoms with E-state index in [1.807, 2.05) is 18.2 Å². The fraction of sp³-hybridized carbons (Fsp3) is 0.250. The van der Waals surface area contributed by atoms with Crippen molar-refractivity contribution in [3.8, 4) is 0 Å². The van der Waals surface area contributed by atoms with Gasteiger partial charge in [0.2, 0.25) is 0 Å². The number of hydrogen-bond acceptors (Lipinski definition) is 3. The number of rotatable bonds is 2. The molecular weight excluding hydrogens is 308 g/mol. The monoisotopic (exact) mass is 322 g/mol. The molecule has 1 heterocycles. The first-order valence-corrected chi connectivity index (χ1v) is 8.73. The molecule has 5 heteroatoms. The Morgan fingerprint density at radius 2 is 1.76 bits per heavy atom. The van der Waals surface area contributed by atoms with Gasteiger partial charge in [-0.2, -0.15) is 0 Å². The molecular formula is C16H15ClO3S. The van der Waals surface area contributed by atoms with Crippen molar-refractivity contribution in [3.63, 3.8) is 0 Å². The van der Waals surface area contributed by atoms with Crippen molar-refractivity contribution < 1.29 is 13.5 Å². The van der Waals surface area contributed by atoms with Gasteiger partial charge in [-0.1, -0.05) is 48.0 Å². The normalized spacial score (nSPS) is 23.5. The van der Waals surface area contributed by atoms with Crippen molar-refractivity contribution in [1.82, 2.24) is 0 Å². The molecule has 0 saturated carbocycles. The summed E-state index contributed by atoms with van der Waals surface area (Å²) in [5, 5.41) is 11.6. The van der Waals surface area contributed by atoms with Gasteiger partial charge in [0, 0.05) is 17.0 Å². The molecule has 1 N–H and O–H groups in total. The second-order valence-corrected chi connectivity index (χ2v) is 7.85. The standard InChI is InChI=1S/C16H15ClO3S/c17-14-7-3-1-5-12(14)11-16(18)9-10-21(19,20)15-8-4-2-6-13(15)16/h1-8,18H,9-11H2. The maximum atomic E-state index is 12.1. The highest BCUT2D eigenvalue weighted by Gasteiger charge is 2.40. The van der Waals surface area contributed by atoms with Crippen molar-refractivity contribution in [2.45, 2.75) is 23.3 Å². The van der Waals surface area contributed by atoms with E-state index in [0.29, 0.717) is 17.0 Å². The zero-order valence-electron chi connectivity index (χ0n) is 11.3. The molecule has 3 nitrogen and oxygen atoms in total. The van der Waals surface area contributed by atoms with E-state index in [2.05, 4.69) is 0 Å². The molecule has 1 atom stereocenters. The number of benzene rings is 2. The highest BCUT2D eigenvalue weighted by Crippen LogP contribution is 2.40. The van der Waals surface area contributed by atoms with Crippen LogP contribution >= 0.6 is 11.6 Å². The van der Waals surface area contributed by atoms with Crippen LogP contribution in [0.2, 0.25) is 5.02 Å². The summed E-state index contributed by atoms with van der Waals surface area (Å²) in [6.45, 7) is 0. The summed E-state index contributed by atoms with van der Waals surface area (Å²) >= 11 is 6.16. The Balaban J connectivity index is 2.09. The van der Waals surface area contributed by atoms with Gasteiger partial charge in [0.05, 0.1) is 16.2 Å². The maximum absolute atomic E-state index is 12.1. The lowest BCUT2D eigenvalue weighted by atomic mass is 9.84. The Hall–Kier alpha value is -1.36. The van der Waals surface area contributed by atoms with E-state index in [9.17, 15) is 13.5 Å². The molecule has 0 aliphatic carbocycles. The Bertz CT molecular complexity index is 786. The van der Waals surface area contributed by atoms with E-state index in [0.717, 1.165) is 5.56 Å². The summed E-state index contributed by atoms with van der Waals surface area (Å²) < 4.78 is 24.3. The van der Waals surface area contributed by atoms with Crippen LogP contribution in [-0.4, -0.2) is 19.3 Å². The zero-order valence-corrected chi connectivity index (χ0v) is 12.9. The van der Waals surface area contributed by atoms with Crippen molar-refractivity contribution in [3.05, 3.63) is 64.7 Å². The second-order valence-electron chi connectivity index (χ2n) is 5.36. The molecule has 0 bridgehead atoms. The quantitative estimate of drug-likeness (QED) is 0.925. The summed E-state index contributed by atoms with van der Waals surface area (Å²) in [4.78, 5) is 0.228.